The van der Waals surface area contributed by atoms with Crippen molar-refractivity contribution in [1.82, 2.24) is 9.97 Å². The molecule has 2 fully saturated rings. The van der Waals surface area contributed by atoms with Crippen molar-refractivity contribution in [3.8, 4) is 0 Å². The number of hydrogen-bond donors (Lipinski definition) is 0. The predicted octanol–water partition coefficient (Wildman–Crippen LogP) is 8.16. The highest BCUT2D eigenvalue weighted by Gasteiger charge is 2.32. The first-order chi connectivity index (χ1) is 15.6. The number of rotatable bonds is 8. The molecule has 0 radical (unpaired) electrons. The third-order valence-corrected chi connectivity index (χ3v) is 8.37. The lowest BCUT2D eigenvalue weighted by atomic mass is 9.72. The van der Waals surface area contributed by atoms with E-state index in [4.69, 9.17) is 23.2 Å². The Morgan fingerprint density at radius 3 is 1.53 bits per heavy atom. The van der Waals surface area contributed by atoms with Crippen molar-refractivity contribution < 1.29 is 4.79 Å². The minimum Gasteiger partial charge on any atom is -0.300 e. The molecule has 0 unspecified atom stereocenters. The topological polar surface area (TPSA) is 42.9 Å². The Hall–Kier alpha value is -1.45. The number of nitrogens with zero attached hydrogens (tertiary/aromatic N) is 2. The van der Waals surface area contributed by atoms with E-state index in [1.165, 1.54) is 64.2 Å². The van der Waals surface area contributed by atoms with Crippen LogP contribution in [0.15, 0.2) is 36.9 Å². The van der Waals surface area contributed by atoms with Gasteiger partial charge in [0.05, 0.1) is 10.0 Å². The summed E-state index contributed by atoms with van der Waals surface area (Å²) < 4.78 is 0. The van der Waals surface area contributed by atoms with E-state index >= 15 is 0 Å². The average Bonchev–Trinajstić information content (AvgIpc) is 2.83. The van der Waals surface area contributed by atoms with E-state index in [2.05, 4.69) is 9.97 Å². The zero-order chi connectivity index (χ0) is 22.3. The molecule has 5 heteroatoms. The molecule has 0 spiro atoms. The van der Waals surface area contributed by atoms with Gasteiger partial charge in [0.25, 0.3) is 0 Å². The largest absolute Gasteiger partial charge is 0.300 e. The fraction of sp³-hybridized carbons (Fsp3) is 0.593. The third kappa shape index (κ3) is 5.91. The maximum Gasteiger partial charge on any atom is 0.134 e. The molecule has 172 valence electrons. The maximum absolute atomic E-state index is 13.6. The lowest BCUT2D eigenvalue weighted by Crippen LogP contribution is -2.23. The molecule has 3 nitrogen and oxygen atoms in total. The molecule has 0 bridgehead atoms. The number of halogens is 2. The van der Waals surface area contributed by atoms with E-state index in [9.17, 15) is 4.79 Å². The highest BCUT2D eigenvalue weighted by atomic mass is 35.5. The molecule has 0 saturated heterocycles. The van der Waals surface area contributed by atoms with Gasteiger partial charge in [0.2, 0.25) is 0 Å². The summed E-state index contributed by atoms with van der Waals surface area (Å²) in [6, 6.07) is 4.04. The van der Waals surface area contributed by atoms with Crippen molar-refractivity contribution in [2.75, 3.05) is 0 Å². The van der Waals surface area contributed by atoms with Gasteiger partial charge in [0, 0.05) is 37.6 Å². The second-order valence-corrected chi connectivity index (χ2v) is 10.6. The number of ketones is 1. The first-order valence-electron chi connectivity index (χ1n) is 12.3. The summed E-state index contributed by atoms with van der Waals surface area (Å²) in [5.74, 6) is 1.73. The van der Waals surface area contributed by atoms with Gasteiger partial charge < -0.3 is 0 Å². The Bertz CT molecular complexity index is 819. The number of aromatic nitrogens is 2. The molecule has 0 amide bonds. The quantitative estimate of drug-likeness (QED) is 0.388. The van der Waals surface area contributed by atoms with Gasteiger partial charge in [-0.05, 0) is 72.6 Å². The summed E-state index contributed by atoms with van der Waals surface area (Å²) in [4.78, 5) is 21.9. The third-order valence-electron chi connectivity index (χ3n) is 7.74. The molecule has 0 N–H and O–H groups in total. The molecule has 2 heterocycles. The molecule has 0 aromatic carbocycles. The summed E-state index contributed by atoms with van der Waals surface area (Å²) in [5.41, 5.74) is 2.19. The molecule has 2 atom stereocenters. The van der Waals surface area contributed by atoms with E-state index in [0.29, 0.717) is 40.5 Å². The smallest absolute Gasteiger partial charge is 0.134 e. The van der Waals surface area contributed by atoms with Gasteiger partial charge in [-0.1, -0.05) is 61.7 Å². The number of carbonyl (C=O) groups excluding carboxylic acids is 1. The average molecular weight is 473 g/mol. The van der Waals surface area contributed by atoms with Gasteiger partial charge in [-0.2, -0.15) is 0 Å². The van der Waals surface area contributed by atoms with Crippen LogP contribution in [0, 0.1) is 11.8 Å². The van der Waals surface area contributed by atoms with Gasteiger partial charge in [-0.3, -0.25) is 14.8 Å². The van der Waals surface area contributed by atoms with E-state index in [1.807, 2.05) is 24.5 Å². The van der Waals surface area contributed by atoms with Crippen molar-refractivity contribution >= 4 is 29.0 Å². The highest BCUT2D eigenvalue weighted by Crippen LogP contribution is 2.44. The van der Waals surface area contributed by atoms with Crippen LogP contribution in [0.3, 0.4) is 0 Å². The van der Waals surface area contributed by atoms with Gasteiger partial charge in [-0.25, -0.2) is 0 Å². The Kier molecular flexibility index (Phi) is 8.60. The van der Waals surface area contributed by atoms with E-state index in [-0.39, 0.29) is 11.8 Å². The SMILES string of the molecule is O=C(C[C@@H](c1ccncc1Cl)C1CCCCC1)C[C@@H](c1ccncc1Cl)C1CCCCC1. The molecule has 2 saturated carbocycles. The van der Waals surface area contributed by atoms with Crippen LogP contribution in [0.4, 0.5) is 0 Å². The van der Waals surface area contributed by atoms with Crippen molar-refractivity contribution in [1.29, 1.82) is 0 Å². The monoisotopic (exact) mass is 472 g/mol. The van der Waals surface area contributed by atoms with Crippen LogP contribution in [0.2, 0.25) is 10.0 Å². The lowest BCUT2D eigenvalue weighted by Gasteiger charge is -2.33. The zero-order valence-corrected chi connectivity index (χ0v) is 20.3. The second kappa shape index (κ2) is 11.6. The summed E-state index contributed by atoms with van der Waals surface area (Å²) in [7, 11) is 0. The number of hydrogen-bond acceptors (Lipinski definition) is 3. The number of carbonyl (C=O) groups is 1. The second-order valence-electron chi connectivity index (χ2n) is 9.75. The Morgan fingerprint density at radius 1 is 0.750 bits per heavy atom. The van der Waals surface area contributed by atoms with Crippen LogP contribution in [-0.4, -0.2) is 15.8 Å². The Labute approximate surface area is 202 Å². The van der Waals surface area contributed by atoms with Gasteiger partial charge >= 0.3 is 0 Å². The summed E-state index contributed by atoms with van der Waals surface area (Å²) in [6.07, 6.45) is 20.5. The molecule has 2 aromatic rings. The van der Waals surface area contributed by atoms with Crippen LogP contribution in [0.1, 0.15) is 100 Å². The molecular weight excluding hydrogens is 439 g/mol. The van der Waals surface area contributed by atoms with Gasteiger partial charge in [0.15, 0.2) is 0 Å². The first kappa shape index (κ1) is 23.7. The van der Waals surface area contributed by atoms with Crippen LogP contribution >= 0.6 is 23.2 Å². The zero-order valence-electron chi connectivity index (χ0n) is 18.8. The fourth-order valence-electron chi connectivity index (χ4n) is 6.08. The van der Waals surface area contributed by atoms with Crippen LogP contribution < -0.4 is 0 Å². The predicted molar refractivity (Wildman–Crippen MR) is 131 cm³/mol. The number of Topliss-reactive ketones (excluding diaryl/α,β-unsaturated/α-hetero) is 1. The van der Waals surface area contributed by atoms with Crippen LogP contribution in [0.25, 0.3) is 0 Å². The standard InChI is InChI=1S/C27H34Cl2N2O/c28-26-17-30-13-11-22(26)24(19-7-3-1-4-8-19)15-21(32)16-25(20-9-5-2-6-10-20)23-12-14-31-18-27(23)29/h11-14,17-20,24-25H,1-10,15-16H2/t24-,25-/m1/s1. The van der Waals surface area contributed by atoms with Gasteiger partial charge in [-0.15, -0.1) is 0 Å². The molecule has 2 aromatic heterocycles. The van der Waals surface area contributed by atoms with Crippen LogP contribution in [-0.2, 0) is 4.79 Å². The highest BCUT2D eigenvalue weighted by molar-refractivity contribution is 6.31. The summed E-state index contributed by atoms with van der Waals surface area (Å²) in [6.45, 7) is 0. The fourth-order valence-corrected chi connectivity index (χ4v) is 6.60. The minimum absolute atomic E-state index is 0.179. The Morgan fingerprint density at radius 2 is 1.16 bits per heavy atom. The van der Waals surface area contributed by atoms with Crippen molar-refractivity contribution in [2.45, 2.75) is 88.9 Å². The molecule has 4 rings (SSSR count). The molecule has 0 aliphatic heterocycles. The molecule has 2 aliphatic rings. The van der Waals surface area contributed by atoms with Crippen molar-refractivity contribution in [2.24, 2.45) is 11.8 Å². The lowest BCUT2D eigenvalue weighted by molar-refractivity contribution is -0.120. The van der Waals surface area contributed by atoms with E-state index in [1.54, 1.807) is 12.4 Å². The molecule has 2 aliphatic carbocycles. The van der Waals surface area contributed by atoms with Crippen molar-refractivity contribution in [3.05, 3.63) is 58.1 Å². The summed E-state index contributed by atoms with van der Waals surface area (Å²) in [5, 5.41) is 1.38. The molecular formula is C27H34Cl2N2O. The number of pyridine rings is 2. The maximum atomic E-state index is 13.6. The normalized spacial score (nSPS) is 20.1. The minimum atomic E-state index is 0.179. The van der Waals surface area contributed by atoms with E-state index < -0.39 is 0 Å². The Balaban J connectivity index is 1.55. The van der Waals surface area contributed by atoms with Crippen molar-refractivity contribution in [3.63, 3.8) is 0 Å². The van der Waals surface area contributed by atoms with E-state index in [0.717, 1.165) is 11.1 Å². The first-order valence-corrected chi connectivity index (χ1v) is 13.1. The summed E-state index contributed by atoms with van der Waals surface area (Å²) >= 11 is 13.1. The molecule has 32 heavy (non-hydrogen) atoms. The van der Waals surface area contributed by atoms with Gasteiger partial charge in [0.1, 0.15) is 5.78 Å². The van der Waals surface area contributed by atoms with Crippen LogP contribution in [0.5, 0.6) is 0 Å².